The van der Waals surface area contributed by atoms with E-state index in [0.717, 1.165) is 40.6 Å². The Morgan fingerprint density at radius 2 is 1.91 bits per heavy atom. The van der Waals surface area contributed by atoms with Gasteiger partial charge in [-0.1, -0.05) is 6.08 Å². The van der Waals surface area contributed by atoms with Crippen LogP contribution in [0.3, 0.4) is 0 Å². The van der Waals surface area contributed by atoms with E-state index in [1.165, 1.54) is 7.11 Å². The van der Waals surface area contributed by atoms with Crippen LogP contribution in [0.15, 0.2) is 29.2 Å². The average molecular weight is 439 g/mol. The van der Waals surface area contributed by atoms with E-state index in [-0.39, 0.29) is 17.2 Å². The van der Waals surface area contributed by atoms with Gasteiger partial charge < -0.3 is 14.4 Å². The fourth-order valence-electron chi connectivity index (χ4n) is 4.31. The lowest BCUT2D eigenvalue weighted by Gasteiger charge is -2.30. The highest BCUT2D eigenvalue weighted by Gasteiger charge is 2.30. The van der Waals surface area contributed by atoms with Gasteiger partial charge in [0.15, 0.2) is 0 Å². The fraction of sp³-hybridized carbons (Fsp3) is 0.480. The van der Waals surface area contributed by atoms with Crippen LogP contribution in [0.4, 0.5) is 4.79 Å². The summed E-state index contributed by atoms with van der Waals surface area (Å²) >= 11 is 0. The number of aromatic nitrogens is 1. The third kappa shape index (κ3) is 4.16. The Morgan fingerprint density at radius 3 is 2.47 bits per heavy atom. The molecule has 1 aliphatic heterocycles. The van der Waals surface area contributed by atoms with Gasteiger partial charge in [-0.15, -0.1) is 0 Å². The molecule has 32 heavy (non-hydrogen) atoms. The summed E-state index contributed by atoms with van der Waals surface area (Å²) in [6, 6.07) is 3.65. The highest BCUT2D eigenvalue weighted by molar-refractivity contribution is 5.90. The maximum absolute atomic E-state index is 13.0. The summed E-state index contributed by atoms with van der Waals surface area (Å²) in [5, 5.41) is 0. The summed E-state index contributed by atoms with van der Waals surface area (Å²) in [7, 11) is 1.29. The monoisotopic (exact) mass is 438 g/mol. The van der Waals surface area contributed by atoms with Crippen LogP contribution in [0.2, 0.25) is 0 Å². The molecule has 7 heteroatoms. The third-order valence-electron chi connectivity index (χ3n) is 6.04. The number of aryl methyl sites for hydroxylation is 1. The molecule has 0 atom stereocenters. The van der Waals surface area contributed by atoms with Crippen LogP contribution in [0.25, 0.3) is 11.1 Å². The lowest BCUT2D eigenvalue weighted by Crippen LogP contribution is -2.39. The smallest absolute Gasteiger partial charge is 0.410 e. The third-order valence-corrected chi connectivity index (χ3v) is 6.04. The molecule has 0 spiro atoms. The van der Waals surface area contributed by atoms with Gasteiger partial charge in [-0.25, -0.2) is 9.59 Å². The standard InChI is InChI=1S/C25H30N2O5/c1-15-18(17-8-11-26(12-9-17)24(30)32-25(2,3)4)10-13-27-21(15)19(16-6-7-16)14-20(22(27)28)23(29)31-5/h8,10,13-14,16H,6-7,9,11-12H2,1-5H3. The number of amides is 1. The molecule has 0 aromatic carbocycles. The van der Waals surface area contributed by atoms with Crippen LogP contribution in [-0.4, -0.2) is 47.2 Å². The zero-order valence-electron chi connectivity index (χ0n) is 19.4. The normalized spacial score (nSPS) is 16.7. The second-order valence-corrected chi connectivity index (χ2v) is 9.56. The summed E-state index contributed by atoms with van der Waals surface area (Å²) < 4.78 is 11.9. The molecule has 2 aromatic heterocycles. The van der Waals surface area contributed by atoms with E-state index in [9.17, 15) is 14.4 Å². The minimum atomic E-state index is -0.606. The molecule has 2 aromatic rings. The van der Waals surface area contributed by atoms with E-state index in [2.05, 4.69) is 6.08 Å². The van der Waals surface area contributed by atoms with Crippen LogP contribution in [0.5, 0.6) is 0 Å². The van der Waals surface area contributed by atoms with Gasteiger partial charge in [0.2, 0.25) is 0 Å². The van der Waals surface area contributed by atoms with Gasteiger partial charge in [-0.05, 0) is 87.3 Å². The van der Waals surface area contributed by atoms with Gasteiger partial charge in [0.25, 0.3) is 5.56 Å². The van der Waals surface area contributed by atoms with Gasteiger partial charge in [0.1, 0.15) is 11.2 Å². The van der Waals surface area contributed by atoms with Crippen LogP contribution >= 0.6 is 0 Å². The molecule has 7 nitrogen and oxygen atoms in total. The maximum atomic E-state index is 13.0. The van der Waals surface area contributed by atoms with Crippen LogP contribution < -0.4 is 5.56 Å². The van der Waals surface area contributed by atoms with Gasteiger partial charge in [0, 0.05) is 19.3 Å². The number of hydrogen-bond donors (Lipinski definition) is 0. The van der Waals surface area contributed by atoms with Gasteiger partial charge in [-0.2, -0.15) is 0 Å². The van der Waals surface area contributed by atoms with Crippen molar-refractivity contribution in [1.82, 2.24) is 9.30 Å². The minimum Gasteiger partial charge on any atom is -0.465 e. The van der Waals surface area contributed by atoms with E-state index in [4.69, 9.17) is 9.47 Å². The van der Waals surface area contributed by atoms with Crippen LogP contribution in [0.1, 0.15) is 73.0 Å². The second-order valence-electron chi connectivity index (χ2n) is 9.56. The Labute approximate surface area is 187 Å². The average Bonchev–Trinajstić information content (AvgIpc) is 3.58. The number of nitrogens with zero attached hydrogens (tertiary/aromatic N) is 2. The van der Waals surface area contributed by atoms with Crippen molar-refractivity contribution >= 4 is 23.2 Å². The van der Waals surface area contributed by atoms with Crippen molar-refractivity contribution in [2.45, 2.75) is 58.5 Å². The van der Waals surface area contributed by atoms with E-state index >= 15 is 0 Å². The summed E-state index contributed by atoms with van der Waals surface area (Å²) in [5.74, 6) is -0.254. The number of carbonyl (C=O) groups excluding carboxylic acids is 2. The highest BCUT2D eigenvalue weighted by atomic mass is 16.6. The minimum absolute atomic E-state index is 0.0731. The van der Waals surface area contributed by atoms with Crippen molar-refractivity contribution in [1.29, 1.82) is 0 Å². The summed E-state index contributed by atoms with van der Waals surface area (Å²) in [5.41, 5.74) is 4.32. The van der Waals surface area contributed by atoms with Crippen molar-refractivity contribution in [2.24, 2.45) is 0 Å². The molecule has 170 valence electrons. The largest absolute Gasteiger partial charge is 0.465 e. The Hall–Kier alpha value is -3.09. The molecule has 1 aliphatic carbocycles. The van der Waals surface area contributed by atoms with Gasteiger partial charge in [0.05, 0.1) is 12.6 Å². The molecular formula is C25H30N2O5. The van der Waals surface area contributed by atoms with Gasteiger partial charge >= 0.3 is 12.1 Å². The number of carbonyl (C=O) groups is 2. The molecule has 3 heterocycles. The Morgan fingerprint density at radius 1 is 1.19 bits per heavy atom. The molecule has 0 unspecified atom stereocenters. The molecule has 1 saturated carbocycles. The molecule has 0 saturated heterocycles. The zero-order valence-corrected chi connectivity index (χ0v) is 19.4. The molecule has 1 amide bonds. The Kier molecular flexibility index (Phi) is 5.61. The van der Waals surface area contributed by atoms with Crippen LogP contribution in [0, 0.1) is 6.92 Å². The van der Waals surface area contributed by atoms with Crippen molar-refractivity contribution in [3.63, 3.8) is 0 Å². The fourth-order valence-corrected chi connectivity index (χ4v) is 4.31. The number of pyridine rings is 2. The first-order valence-corrected chi connectivity index (χ1v) is 11.0. The molecule has 4 rings (SSSR count). The van der Waals surface area contributed by atoms with E-state index in [1.54, 1.807) is 21.6 Å². The van der Waals surface area contributed by atoms with Gasteiger partial charge in [-0.3, -0.25) is 9.20 Å². The van der Waals surface area contributed by atoms with Crippen LogP contribution in [-0.2, 0) is 9.47 Å². The summed E-state index contributed by atoms with van der Waals surface area (Å²) in [4.78, 5) is 39.2. The van der Waals surface area contributed by atoms with E-state index in [1.807, 2.05) is 33.8 Å². The topological polar surface area (TPSA) is 77.3 Å². The Balaban J connectivity index is 1.72. The number of rotatable bonds is 3. The van der Waals surface area contributed by atoms with Crippen molar-refractivity contribution in [2.75, 3.05) is 20.2 Å². The Bertz CT molecular complexity index is 1180. The highest BCUT2D eigenvalue weighted by Crippen LogP contribution is 2.43. The first-order chi connectivity index (χ1) is 15.1. The predicted molar refractivity (Wildman–Crippen MR) is 122 cm³/mol. The number of hydrogen-bond acceptors (Lipinski definition) is 5. The van der Waals surface area contributed by atoms with Crippen molar-refractivity contribution < 1.29 is 19.1 Å². The predicted octanol–water partition coefficient (Wildman–Crippen LogP) is 4.30. The molecule has 0 N–H and O–H groups in total. The van der Waals surface area contributed by atoms with Crippen molar-refractivity contribution in [3.05, 3.63) is 57.0 Å². The summed E-state index contributed by atoms with van der Waals surface area (Å²) in [6.45, 7) is 8.67. The lowest BCUT2D eigenvalue weighted by molar-refractivity contribution is 0.0270. The molecule has 0 bridgehead atoms. The van der Waals surface area contributed by atoms with E-state index in [0.29, 0.717) is 25.4 Å². The molecular weight excluding hydrogens is 408 g/mol. The summed E-state index contributed by atoms with van der Waals surface area (Å²) in [6.07, 6.45) is 6.31. The van der Waals surface area contributed by atoms with Crippen molar-refractivity contribution in [3.8, 4) is 0 Å². The lowest BCUT2D eigenvalue weighted by atomic mass is 9.93. The number of methoxy groups -OCH3 is 1. The first kappa shape index (κ1) is 22.1. The maximum Gasteiger partial charge on any atom is 0.410 e. The molecule has 0 radical (unpaired) electrons. The van der Waals surface area contributed by atoms with E-state index < -0.39 is 11.6 Å². The zero-order chi connectivity index (χ0) is 23.2. The quantitative estimate of drug-likeness (QED) is 0.668. The SMILES string of the molecule is COC(=O)c1cc(C2CC2)c2c(C)c(C3=CCN(C(=O)OC(C)(C)C)CC3)ccn2c1=O. The number of ether oxygens (including phenoxy) is 2. The number of esters is 1. The second kappa shape index (κ2) is 8.11. The molecule has 1 fully saturated rings. The molecule has 2 aliphatic rings. The number of fused-ring (bicyclic) bond motifs is 1. The first-order valence-electron chi connectivity index (χ1n) is 11.0.